The molecule has 2 fully saturated rings. The van der Waals surface area contributed by atoms with Crippen LogP contribution >= 0.6 is 22.7 Å². The zero-order valence-electron chi connectivity index (χ0n) is 24.4. The zero-order chi connectivity index (χ0) is 29.5. The highest BCUT2D eigenvalue weighted by Crippen LogP contribution is 2.40. The molecule has 0 spiro atoms. The van der Waals surface area contributed by atoms with E-state index in [1.165, 1.54) is 11.3 Å². The van der Waals surface area contributed by atoms with Crippen LogP contribution in [0, 0.1) is 18.3 Å². The summed E-state index contributed by atoms with van der Waals surface area (Å²) in [7, 11) is 4.01. The number of likely N-dealkylation sites (tertiary alicyclic amines) is 1. The third-order valence-electron chi connectivity index (χ3n) is 8.47. The van der Waals surface area contributed by atoms with E-state index in [2.05, 4.69) is 17.9 Å². The van der Waals surface area contributed by atoms with E-state index in [9.17, 15) is 15.2 Å². The summed E-state index contributed by atoms with van der Waals surface area (Å²) in [5.41, 5.74) is 3.74. The molecule has 3 aromatic heterocycles. The predicted octanol–water partition coefficient (Wildman–Crippen LogP) is 4.59. The van der Waals surface area contributed by atoms with Crippen LogP contribution < -0.4 is 4.90 Å². The fraction of sp³-hybridized carbons (Fsp3) is 0.500. The van der Waals surface area contributed by atoms with Crippen LogP contribution in [-0.2, 0) is 11.2 Å². The number of benzene rings is 1. The van der Waals surface area contributed by atoms with E-state index in [-0.39, 0.29) is 12.0 Å². The Kier molecular flexibility index (Phi) is 8.02. The van der Waals surface area contributed by atoms with Gasteiger partial charge in [-0.3, -0.25) is 9.69 Å². The lowest BCUT2D eigenvalue weighted by molar-refractivity contribution is -0.142. The number of hydrogen-bond donors (Lipinski definition) is 1. The van der Waals surface area contributed by atoms with Gasteiger partial charge in [-0.05, 0) is 39.7 Å². The second-order valence-electron chi connectivity index (χ2n) is 11.5. The molecule has 6 rings (SSSR count). The number of fused-ring (bicyclic) bond motifs is 1. The number of rotatable bonds is 8. The molecule has 1 aliphatic carbocycles. The Morgan fingerprint density at radius 3 is 2.62 bits per heavy atom. The number of amides is 1. The fourth-order valence-corrected chi connectivity index (χ4v) is 7.86. The molecule has 2 atom stereocenters. The topological polar surface area (TPSA) is 114 Å². The van der Waals surface area contributed by atoms with Crippen molar-refractivity contribution in [1.82, 2.24) is 29.4 Å². The van der Waals surface area contributed by atoms with Crippen molar-refractivity contribution in [1.29, 1.82) is 5.26 Å². The van der Waals surface area contributed by atoms with E-state index in [0.717, 1.165) is 69.8 Å². The van der Waals surface area contributed by atoms with E-state index in [0.29, 0.717) is 42.2 Å². The predicted molar refractivity (Wildman–Crippen MR) is 166 cm³/mol. The first kappa shape index (κ1) is 28.7. The summed E-state index contributed by atoms with van der Waals surface area (Å²) in [4.78, 5) is 29.8. The maximum absolute atomic E-state index is 12.6. The Morgan fingerprint density at radius 1 is 1.17 bits per heavy atom. The Balaban J connectivity index is 1.23. The van der Waals surface area contributed by atoms with Gasteiger partial charge in [0.15, 0.2) is 10.9 Å². The van der Waals surface area contributed by atoms with E-state index in [1.54, 1.807) is 16.2 Å². The number of aliphatic hydroxyl groups excluding tert-OH is 1. The van der Waals surface area contributed by atoms with Gasteiger partial charge in [-0.25, -0.2) is 9.97 Å². The van der Waals surface area contributed by atoms with Crippen LogP contribution in [0.5, 0.6) is 0 Å². The van der Waals surface area contributed by atoms with Crippen molar-refractivity contribution in [3.63, 3.8) is 0 Å². The summed E-state index contributed by atoms with van der Waals surface area (Å²) >= 11 is 3.03. The van der Waals surface area contributed by atoms with Gasteiger partial charge >= 0.3 is 0 Å². The highest BCUT2D eigenvalue weighted by atomic mass is 32.1. The first-order chi connectivity index (χ1) is 20.2. The van der Waals surface area contributed by atoms with Gasteiger partial charge in [-0.15, -0.1) is 0 Å². The molecule has 1 saturated carbocycles. The van der Waals surface area contributed by atoms with Crippen molar-refractivity contribution in [2.75, 3.05) is 38.6 Å². The van der Waals surface area contributed by atoms with Crippen molar-refractivity contribution < 1.29 is 9.90 Å². The number of aromatic nitrogens is 4. The molecule has 1 aromatic carbocycles. The number of nitrogens with zero attached hydrogens (tertiary/aromatic N) is 8. The van der Waals surface area contributed by atoms with Crippen LogP contribution in [0.1, 0.15) is 59.7 Å². The van der Waals surface area contributed by atoms with Crippen LogP contribution in [0.25, 0.3) is 16.2 Å². The molecule has 1 aliphatic heterocycles. The molecule has 2 aliphatic rings. The largest absolute Gasteiger partial charge is 0.389 e. The van der Waals surface area contributed by atoms with Gasteiger partial charge in [0.25, 0.3) is 0 Å². The standard InChI is InChI=1S/C30H36N8O2S2/c1-5-23-28(36(4)29-33-26(24(14-31)41-29)19-11-9-18(2)10-12-19)38-30(32-23)42-27(34-38)20-7-6-8-21(13-20)35(3)17-25(40)37-15-22(39)16-37/h9-12,20-22,39H,5-8,13,15-17H2,1-4H3. The lowest BCUT2D eigenvalue weighted by Gasteiger charge is -2.39. The van der Waals surface area contributed by atoms with E-state index in [1.807, 2.05) is 54.7 Å². The smallest absolute Gasteiger partial charge is 0.236 e. The van der Waals surface area contributed by atoms with Gasteiger partial charge in [0.1, 0.15) is 21.6 Å². The number of hydrogen-bond acceptors (Lipinski definition) is 10. The van der Waals surface area contributed by atoms with Crippen molar-refractivity contribution in [3.05, 3.63) is 45.4 Å². The van der Waals surface area contributed by atoms with Gasteiger partial charge in [0.05, 0.1) is 18.3 Å². The molecule has 220 valence electrons. The molecule has 0 bridgehead atoms. The second-order valence-corrected chi connectivity index (χ2v) is 13.4. The average molecular weight is 605 g/mol. The number of imidazole rings is 1. The number of nitriles is 1. The second kappa shape index (κ2) is 11.7. The summed E-state index contributed by atoms with van der Waals surface area (Å²) in [6, 6.07) is 10.7. The molecule has 2 unspecified atom stereocenters. The Labute approximate surface area is 253 Å². The maximum Gasteiger partial charge on any atom is 0.236 e. The molecule has 4 aromatic rings. The summed E-state index contributed by atoms with van der Waals surface area (Å²) < 4.78 is 1.95. The van der Waals surface area contributed by atoms with Crippen molar-refractivity contribution in [2.24, 2.45) is 0 Å². The van der Waals surface area contributed by atoms with Crippen LogP contribution in [0.3, 0.4) is 0 Å². The fourth-order valence-electron chi connectivity index (χ4n) is 5.95. The Hall–Kier alpha value is -3.37. The lowest BCUT2D eigenvalue weighted by Crippen LogP contribution is -2.56. The highest BCUT2D eigenvalue weighted by molar-refractivity contribution is 7.17. The molecule has 10 nitrogen and oxygen atoms in total. The Morgan fingerprint density at radius 2 is 1.93 bits per heavy atom. The molecular formula is C30H36N8O2S2. The summed E-state index contributed by atoms with van der Waals surface area (Å²) in [6.07, 6.45) is 4.55. The minimum Gasteiger partial charge on any atom is -0.389 e. The van der Waals surface area contributed by atoms with E-state index < -0.39 is 0 Å². The monoisotopic (exact) mass is 604 g/mol. The Bertz CT molecular complexity index is 1630. The minimum absolute atomic E-state index is 0.0877. The minimum atomic E-state index is -0.376. The van der Waals surface area contributed by atoms with Gasteiger partial charge in [-0.2, -0.15) is 14.9 Å². The number of carbonyl (C=O) groups excluding carboxylic acids is 1. The third-order valence-corrected chi connectivity index (χ3v) is 10.6. The maximum atomic E-state index is 12.6. The normalized spacial score (nSPS) is 19.3. The van der Waals surface area contributed by atoms with Crippen LogP contribution in [0.2, 0.25) is 0 Å². The van der Waals surface area contributed by atoms with Crippen LogP contribution in [-0.4, -0.2) is 86.3 Å². The molecule has 1 N–H and O–H groups in total. The highest BCUT2D eigenvalue weighted by Gasteiger charge is 2.33. The summed E-state index contributed by atoms with van der Waals surface area (Å²) in [6.45, 7) is 5.41. The number of aryl methyl sites for hydroxylation is 2. The summed E-state index contributed by atoms with van der Waals surface area (Å²) in [5.74, 6) is 1.28. The van der Waals surface area contributed by atoms with Gasteiger partial charge in [0, 0.05) is 37.7 Å². The SMILES string of the molecule is CCc1nc2sc(C3CCCC(N(C)CC(=O)N4CC(O)C4)C3)nn2c1N(C)c1nc(-c2ccc(C)cc2)c(C#N)s1. The number of carbonyl (C=O) groups is 1. The van der Waals surface area contributed by atoms with Crippen LogP contribution in [0.15, 0.2) is 24.3 Å². The number of likely N-dealkylation sites (N-methyl/N-ethyl adjacent to an activating group) is 1. The molecular weight excluding hydrogens is 569 g/mol. The van der Waals surface area contributed by atoms with Crippen molar-refractivity contribution in [3.8, 4) is 17.3 Å². The number of thiazole rings is 1. The van der Waals surface area contributed by atoms with E-state index in [4.69, 9.17) is 15.1 Å². The molecule has 0 radical (unpaired) electrons. The molecule has 4 heterocycles. The third kappa shape index (κ3) is 5.42. The zero-order valence-corrected chi connectivity index (χ0v) is 26.1. The first-order valence-electron chi connectivity index (χ1n) is 14.5. The molecule has 42 heavy (non-hydrogen) atoms. The molecule has 1 amide bonds. The summed E-state index contributed by atoms with van der Waals surface area (Å²) in [5, 5.41) is 26.3. The van der Waals surface area contributed by atoms with Crippen molar-refractivity contribution in [2.45, 2.75) is 64.0 Å². The number of aliphatic hydroxyl groups is 1. The first-order valence-corrected chi connectivity index (χ1v) is 16.1. The number of β-amino-alcohol motifs (C(OH)–C–C–N with tert-alkyl or cyclic N) is 1. The van der Waals surface area contributed by atoms with Gasteiger partial charge in [0.2, 0.25) is 10.9 Å². The average Bonchev–Trinajstić information content (AvgIpc) is 3.68. The number of anilines is 2. The van der Waals surface area contributed by atoms with Gasteiger partial charge in [-0.1, -0.05) is 65.8 Å². The molecule has 1 saturated heterocycles. The van der Waals surface area contributed by atoms with Crippen LogP contribution in [0.4, 0.5) is 10.9 Å². The lowest BCUT2D eigenvalue weighted by atomic mass is 9.85. The van der Waals surface area contributed by atoms with Gasteiger partial charge < -0.3 is 14.9 Å². The van der Waals surface area contributed by atoms with E-state index >= 15 is 0 Å². The van der Waals surface area contributed by atoms with Crippen molar-refractivity contribution >= 4 is 44.5 Å². The quantitative estimate of drug-likeness (QED) is 0.311. The molecule has 12 heteroatoms.